The standard InChI is InChI=1S/C8H11BrN2S/c9-8-7(12-6-10-8)5-11-3-1-2-4-11/h6H,1-5H2. The number of halogens is 1. The van der Waals surface area contributed by atoms with Crippen molar-refractivity contribution < 1.29 is 0 Å². The van der Waals surface area contributed by atoms with Gasteiger partial charge in [-0.3, -0.25) is 4.90 Å². The van der Waals surface area contributed by atoms with E-state index in [4.69, 9.17) is 0 Å². The van der Waals surface area contributed by atoms with Crippen molar-refractivity contribution in [2.24, 2.45) is 0 Å². The molecular formula is C8H11BrN2S. The van der Waals surface area contributed by atoms with E-state index in [0.29, 0.717) is 0 Å². The summed E-state index contributed by atoms with van der Waals surface area (Å²) in [6.07, 6.45) is 2.72. The van der Waals surface area contributed by atoms with Gasteiger partial charge in [-0.05, 0) is 41.9 Å². The second kappa shape index (κ2) is 3.85. The zero-order valence-corrected chi connectivity index (χ0v) is 9.20. The second-order valence-electron chi connectivity index (χ2n) is 3.05. The molecule has 1 aliphatic heterocycles. The van der Waals surface area contributed by atoms with E-state index in [1.807, 2.05) is 5.51 Å². The lowest BCUT2D eigenvalue weighted by molar-refractivity contribution is 0.333. The Morgan fingerprint density at radius 2 is 2.25 bits per heavy atom. The summed E-state index contributed by atoms with van der Waals surface area (Å²) in [5.74, 6) is 0. The van der Waals surface area contributed by atoms with Crippen LogP contribution >= 0.6 is 27.3 Å². The lowest BCUT2D eigenvalue weighted by Crippen LogP contribution is -2.17. The van der Waals surface area contributed by atoms with Gasteiger partial charge in [-0.2, -0.15) is 0 Å². The Morgan fingerprint density at radius 3 is 2.83 bits per heavy atom. The Morgan fingerprint density at radius 1 is 1.50 bits per heavy atom. The van der Waals surface area contributed by atoms with Crippen molar-refractivity contribution in [1.29, 1.82) is 0 Å². The summed E-state index contributed by atoms with van der Waals surface area (Å²) in [5.41, 5.74) is 1.90. The average molecular weight is 247 g/mol. The smallest absolute Gasteiger partial charge is 0.121 e. The molecule has 2 rings (SSSR count). The van der Waals surface area contributed by atoms with Gasteiger partial charge in [-0.15, -0.1) is 11.3 Å². The Labute approximate surface area is 84.7 Å². The Hall–Kier alpha value is 0.0700. The third-order valence-corrected chi connectivity index (χ3v) is 3.92. The predicted octanol–water partition coefficient (Wildman–Crippen LogP) is 2.50. The van der Waals surface area contributed by atoms with Crippen LogP contribution in [0.1, 0.15) is 17.7 Å². The number of rotatable bonds is 2. The van der Waals surface area contributed by atoms with Gasteiger partial charge in [-0.1, -0.05) is 0 Å². The fourth-order valence-corrected chi connectivity index (χ4v) is 2.84. The number of nitrogens with zero attached hydrogens (tertiary/aromatic N) is 2. The van der Waals surface area contributed by atoms with Crippen molar-refractivity contribution in [3.8, 4) is 0 Å². The summed E-state index contributed by atoms with van der Waals surface area (Å²) >= 11 is 5.18. The molecule has 1 aliphatic rings. The number of hydrogen-bond donors (Lipinski definition) is 0. The molecule has 2 heterocycles. The molecule has 4 heteroatoms. The highest BCUT2D eigenvalue weighted by Crippen LogP contribution is 2.22. The molecule has 66 valence electrons. The maximum atomic E-state index is 4.17. The van der Waals surface area contributed by atoms with Gasteiger partial charge in [-0.25, -0.2) is 4.98 Å². The molecule has 1 aromatic rings. The van der Waals surface area contributed by atoms with E-state index in [1.165, 1.54) is 30.8 Å². The van der Waals surface area contributed by atoms with Crippen LogP contribution in [0.5, 0.6) is 0 Å². The molecular weight excluding hydrogens is 236 g/mol. The van der Waals surface area contributed by atoms with Crippen molar-refractivity contribution in [3.63, 3.8) is 0 Å². The summed E-state index contributed by atoms with van der Waals surface area (Å²) in [6.45, 7) is 3.58. The van der Waals surface area contributed by atoms with Crippen LogP contribution in [0.2, 0.25) is 0 Å². The number of likely N-dealkylation sites (tertiary alicyclic amines) is 1. The molecule has 0 amide bonds. The zero-order valence-electron chi connectivity index (χ0n) is 6.79. The fourth-order valence-electron chi connectivity index (χ4n) is 1.50. The fraction of sp³-hybridized carbons (Fsp3) is 0.625. The maximum absolute atomic E-state index is 4.17. The van der Waals surface area contributed by atoms with Crippen molar-refractivity contribution in [2.45, 2.75) is 19.4 Å². The molecule has 12 heavy (non-hydrogen) atoms. The topological polar surface area (TPSA) is 16.1 Å². The molecule has 0 bridgehead atoms. The summed E-state index contributed by atoms with van der Waals surface area (Å²) in [5, 5.41) is 0. The highest BCUT2D eigenvalue weighted by Gasteiger charge is 2.13. The van der Waals surface area contributed by atoms with E-state index in [0.717, 1.165) is 11.1 Å². The van der Waals surface area contributed by atoms with Crippen LogP contribution in [0.4, 0.5) is 0 Å². The van der Waals surface area contributed by atoms with Gasteiger partial charge < -0.3 is 0 Å². The molecule has 0 aliphatic carbocycles. The predicted molar refractivity (Wildman–Crippen MR) is 54.3 cm³/mol. The van der Waals surface area contributed by atoms with E-state index in [1.54, 1.807) is 11.3 Å². The molecule has 1 fully saturated rings. The molecule has 0 unspecified atom stereocenters. The molecule has 0 N–H and O–H groups in total. The highest BCUT2D eigenvalue weighted by molar-refractivity contribution is 9.10. The summed E-state index contributed by atoms with van der Waals surface area (Å²) in [6, 6.07) is 0. The van der Waals surface area contributed by atoms with Crippen LogP contribution < -0.4 is 0 Å². The normalized spacial score (nSPS) is 18.8. The van der Waals surface area contributed by atoms with Gasteiger partial charge in [0.05, 0.1) is 10.4 Å². The van der Waals surface area contributed by atoms with Gasteiger partial charge in [0.15, 0.2) is 0 Å². The third-order valence-electron chi connectivity index (χ3n) is 2.16. The first-order valence-corrected chi connectivity index (χ1v) is 5.84. The summed E-state index contributed by atoms with van der Waals surface area (Å²) in [4.78, 5) is 8.01. The minimum Gasteiger partial charge on any atom is -0.298 e. The zero-order chi connectivity index (χ0) is 8.39. The van der Waals surface area contributed by atoms with Crippen LogP contribution in [0, 0.1) is 0 Å². The first-order valence-electron chi connectivity index (χ1n) is 4.16. The maximum Gasteiger partial charge on any atom is 0.121 e. The van der Waals surface area contributed by atoms with Gasteiger partial charge in [0.2, 0.25) is 0 Å². The number of thiazole rings is 1. The van der Waals surface area contributed by atoms with Gasteiger partial charge in [0.1, 0.15) is 4.60 Å². The minimum absolute atomic E-state index is 1.03. The van der Waals surface area contributed by atoms with E-state index in [2.05, 4.69) is 25.8 Å². The Kier molecular flexibility index (Phi) is 2.78. The van der Waals surface area contributed by atoms with E-state index in [9.17, 15) is 0 Å². The Balaban J connectivity index is 1.98. The number of hydrogen-bond acceptors (Lipinski definition) is 3. The van der Waals surface area contributed by atoms with E-state index >= 15 is 0 Å². The summed E-state index contributed by atoms with van der Waals surface area (Å²) in [7, 11) is 0. The highest BCUT2D eigenvalue weighted by atomic mass is 79.9. The SMILES string of the molecule is Brc1ncsc1CN1CCCC1. The molecule has 0 radical (unpaired) electrons. The Bertz CT molecular complexity index is 255. The van der Waals surface area contributed by atoms with Gasteiger partial charge >= 0.3 is 0 Å². The van der Waals surface area contributed by atoms with Crippen molar-refractivity contribution in [2.75, 3.05) is 13.1 Å². The average Bonchev–Trinajstić information content (AvgIpc) is 2.65. The second-order valence-corrected chi connectivity index (χ2v) is 4.74. The molecule has 0 saturated carbocycles. The lowest BCUT2D eigenvalue weighted by Gasteiger charge is -2.12. The van der Waals surface area contributed by atoms with Crippen molar-refractivity contribution >= 4 is 27.3 Å². The number of aromatic nitrogens is 1. The lowest BCUT2D eigenvalue weighted by atomic mass is 10.4. The third kappa shape index (κ3) is 1.87. The molecule has 0 spiro atoms. The summed E-state index contributed by atoms with van der Waals surface area (Å²) < 4.78 is 1.03. The monoisotopic (exact) mass is 246 g/mol. The molecule has 2 nitrogen and oxygen atoms in total. The van der Waals surface area contributed by atoms with Crippen LogP contribution in [0.15, 0.2) is 10.1 Å². The first kappa shape index (κ1) is 8.66. The van der Waals surface area contributed by atoms with Gasteiger partial charge in [0, 0.05) is 6.54 Å². The first-order chi connectivity index (χ1) is 5.86. The van der Waals surface area contributed by atoms with E-state index < -0.39 is 0 Å². The van der Waals surface area contributed by atoms with Crippen molar-refractivity contribution in [1.82, 2.24) is 9.88 Å². The quantitative estimate of drug-likeness (QED) is 0.798. The van der Waals surface area contributed by atoms with Gasteiger partial charge in [0.25, 0.3) is 0 Å². The van der Waals surface area contributed by atoms with Crippen LogP contribution in [0.25, 0.3) is 0 Å². The van der Waals surface area contributed by atoms with E-state index in [-0.39, 0.29) is 0 Å². The molecule has 0 atom stereocenters. The molecule has 1 saturated heterocycles. The minimum atomic E-state index is 1.03. The molecule has 1 aromatic heterocycles. The molecule has 0 aromatic carbocycles. The van der Waals surface area contributed by atoms with Crippen molar-refractivity contribution in [3.05, 3.63) is 15.0 Å². The van der Waals surface area contributed by atoms with Crippen LogP contribution in [-0.2, 0) is 6.54 Å². The largest absolute Gasteiger partial charge is 0.298 e. The van der Waals surface area contributed by atoms with Crippen LogP contribution in [-0.4, -0.2) is 23.0 Å². The van der Waals surface area contributed by atoms with Crippen LogP contribution in [0.3, 0.4) is 0 Å².